The fourth-order valence-electron chi connectivity index (χ4n) is 1.45. The van der Waals surface area contributed by atoms with E-state index in [2.05, 4.69) is 0 Å². The van der Waals surface area contributed by atoms with E-state index in [4.69, 9.17) is 0 Å². The van der Waals surface area contributed by atoms with Crippen LogP contribution in [0.25, 0.3) is 17.2 Å². The maximum absolute atomic E-state index is 12.0. The molecule has 0 aromatic heterocycles. The fraction of sp³-hybridized carbons (Fsp3) is 0. The van der Waals surface area contributed by atoms with Crippen molar-refractivity contribution in [2.24, 2.45) is 0 Å². The van der Waals surface area contributed by atoms with Gasteiger partial charge in [-0.25, -0.2) is 4.39 Å². The molecule has 2 aliphatic rings. The molecule has 0 heterocycles. The van der Waals surface area contributed by atoms with Crippen molar-refractivity contribution in [2.45, 2.75) is 0 Å². The third-order valence-corrected chi connectivity index (χ3v) is 2.07. The van der Waals surface area contributed by atoms with Crippen molar-refractivity contribution in [1.82, 2.24) is 0 Å². The van der Waals surface area contributed by atoms with Crippen molar-refractivity contribution in [1.29, 1.82) is 0 Å². The monoisotopic (exact) mass is 172 g/mol. The molecule has 2 aliphatic carbocycles. The van der Waals surface area contributed by atoms with Crippen LogP contribution in [0.4, 0.5) is 4.39 Å². The molecule has 0 aromatic carbocycles. The Hall–Kier alpha value is -1.63. The summed E-state index contributed by atoms with van der Waals surface area (Å²) >= 11 is 0. The summed E-state index contributed by atoms with van der Waals surface area (Å²) in [6.07, 6.45) is 2.05. The van der Waals surface area contributed by atoms with E-state index < -0.39 is 0 Å². The topological polar surface area (TPSA) is 0 Å². The summed E-state index contributed by atoms with van der Waals surface area (Å²) in [4.78, 5) is 0. The van der Waals surface area contributed by atoms with E-state index >= 15 is 0 Å². The minimum Gasteiger partial charge on any atom is -0.216 e. The summed E-state index contributed by atoms with van der Waals surface area (Å²) in [5, 5.41) is 0. The Bertz CT molecular complexity index is 404. The summed E-state index contributed by atoms with van der Waals surface area (Å²) in [6.45, 7) is 0. The molecule has 0 atom stereocenters. The number of fused-ring (bicyclic) bond motifs is 1. The smallest absolute Gasteiger partial charge is 0.0873 e. The molecule has 13 heavy (non-hydrogen) atoms. The lowest BCUT2D eigenvalue weighted by molar-refractivity contribution is 0.727. The zero-order valence-corrected chi connectivity index (χ0v) is 7.07. The van der Waals surface area contributed by atoms with Crippen molar-refractivity contribution in [3.63, 3.8) is 0 Å². The minimum absolute atomic E-state index is 0.571. The van der Waals surface area contributed by atoms with Crippen LogP contribution in [0.3, 0.4) is 0 Å². The molecule has 0 aromatic rings. The Balaban J connectivity index is 2.61. The Morgan fingerprint density at radius 3 is 2.62 bits per heavy atom. The van der Waals surface area contributed by atoms with Crippen molar-refractivity contribution >= 4 is 6.08 Å². The first-order chi connectivity index (χ1) is 6.42. The molecule has 0 spiro atoms. The van der Waals surface area contributed by atoms with E-state index in [1.807, 2.05) is 42.5 Å². The Morgan fingerprint density at radius 2 is 1.77 bits per heavy atom. The lowest BCUT2D eigenvalue weighted by Gasteiger charge is -1.93. The summed E-state index contributed by atoms with van der Waals surface area (Å²) in [7, 11) is 0. The highest BCUT2D eigenvalue weighted by Gasteiger charge is 2.03. The molecule has 0 saturated heterocycles. The molecule has 0 N–H and O–H groups in total. The van der Waals surface area contributed by atoms with Crippen LogP contribution in [0.2, 0.25) is 0 Å². The Morgan fingerprint density at radius 1 is 0.923 bits per heavy atom. The standard InChI is InChI=1S/C12H9F/c13-9-8-11-7-6-10-4-2-1-3-5-12(10)11/h1-9H. The number of hydrogen-bond acceptors (Lipinski definition) is 0. The molecular weight excluding hydrogens is 163 g/mol. The van der Waals surface area contributed by atoms with Crippen LogP contribution in [-0.2, 0) is 0 Å². The van der Waals surface area contributed by atoms with E-state index in [0.717, 1.165) is 16.7 Å². The van der Waals surface area contributed by atoms with Crippen molar-refractivity contribution in [3.05, 3.63) is 54.4 Å². The van der Waals surface area contributed by atoms with E-state index in [1.165, 1.54) is 6.08 Å². The van der Waals surface area contributed by atoms with Gasteiger partial charge in [0.2, 0.25) is 0 Å². The molecular formula is C12H9F. The van der Waals surface area contributed by atoms with E-state index in [-0.39, 0.29) is 0 Å². The predicted molar refractivity (Wildman–Crippen MR) is 53.2 cm³/mol. The average Bonchev–Trinajstić information content (AvgIpc) is 2.38. The first kappa shape index (κ1) is 7.99. The zero-order valence-electron chi connectivity index (χ0n) is 7.07. The lowest BCUT2D eigenvalue weighted by atomic mass is 10.1. The van der Waals surface area contributed by atoms with Crippen LogP contribution >= 0.6 is 0 Å². The van der Waals surface area contributed by atoms with Gasteiger partial charge in [-0.05, 0) is 22.8 Å². The third kappa shape index (κ3) is 1.45. The average molecular weight is 172 g/mol. The summed E-state index contributed by atoms with van der Waals surface area (Å²) < 4.78 is 12.0. The third-order valence-electron chi connectivity index (χ3n) is 2.07. The lowest BCUT2D eigenvalue weighted by Crippen LogP contribution is -1.69. The predicted octanol–water partition coefficient (Wildman–Crippen LogP) is 3.73. The molecule has 0 amide bonds. The number of rotatable bonds is 1. The first-order valence-corrected chi connectivity index (χ1v) is 4.16. The molecule has 1 heteroatoms. The highest BCUT2D eigenvalue weighted by atomic mass is 19.1. The van der Waals surface area contributed by atoms with Gasteiger partial charge in [0.15, 0.2) is 0 Å². The molecule has 0 aliphatic heterocycles. The maximum Gasteiger partial charge on any atom is 0.0873 e. The Kier molecular flexibility index (Phi) is 2.09. The van der Waals surface area contributed by atoms with E-state index in [1.54, 1.807) is 0 Å². The van der Waals surface area contributed by atoms with Gasteiger partial charge in [0.05, 0.1) is 6.33 Å². The van der Waals surface area contributed by atoms with Gasteiger partial charge in [-0.2, -0.15) is 0 Å². The number of hydrogen-bond donors (Lipinski definition) is 0. The molecule has 0 unspecified atom stereocenters. The zero-order chi connectivity index (χ0) is 9.10. The van der Waals surface area contributed by atoms with Gasteiger partial charge in [-0.1, -0.05) is 42.5 Å². The largest absolute Gasteiger partial charge is 0.216 e. The molecule has 0 fully saturated rings. The summed E-state index contributed by atoms with van der Waals surface area (Å²) in [6, 6.07) is 13.8. The van der Waals surface area contributed by atoms with Gasteiger partial charge in [0, 0.05) is 0 Å². The van der Waals surface area contributed by atoms with Gasteiger partial charge < -0.3 is 0 Å². The van der Waals surface area contributed by atoms with Crippen molar-refractivity contribution < 1.29 is 4.39 Å². The first-order valence-electron chi connectivity index (χ1n) is 4.16. The summed E-state index contributed by atoms with van der Waals surface area (Å²) in [5.41, 5.74) is 3.14. The molecule has 64 valence electrons. The van der Waals surface area contributed by atoms with Gasteiger partial charge in [-0.3, -0.25) is 0 Å². The SMILES string of the molecule is FC=Cc1ccc2cccccc1-2. The van der Waals surface area contributed by atoms with Crippen LogP contribution < -0.4 is 0 Å². The van der Waals surface area contributed by atoms with E-state index in [9.17, 15) is 4.39 Å². The van der Waals surface area contributed by atoms with Crippen LogP contribution in [-0.4, -0.2) is 0 Å². The van der Waals surface area contributed by atoms with Crippen LogP contribution in [0.5, 0.6) is 0 Å². The Labute approximate surface area is 76.7 Å². The second-order valence-electron chi connectivity index (χ2n) is 2.86. The van der Waals surface area contributed by atoms with Crippen molar-refractivity contribution in [3.8, 4) is 11.1 Å². The molecule has 0 saturated carbocycles. The second kappa shape index (κ2) is 3.40. The van der Waals surface area contributed by atoms with Gasteiger partial charge in [0.25, 0.3) is 0 Å². The van der Waals surface area contributed by atoms with Gasteiger partial charge in [0.1, 0.15) is 0 Å². The highest BCUT2D eigenvalue weighted by molar-refractivity contribution is 5.77. The quantitative estimate of drug-likeness (QED) is 0.614. The molecule has 2 rings (SSSR count). The summed E-state index contributed by atoms with van der Waals surface area (Å²) in [5.74, 6) is 0. The second-order valence-corrected chi connectivity index (χ2v) is 2.86. The normalized spacial score (nSPS) is 11.2. The highest BCUT2D eigenvalue weighted by Crippen LogP contribution is 2.27. The van der Waals surface area contributed by atoms with Crippen molar-refractivity contribution in [2.75, 3.05) is 0 Å². The van der Waals surface area contributed by atoms with Crippen LogP contribution in [0, 0.1) is 0 Å². The maximum atomic E-state index is 12.0. The number of halogens is 1. The molecule has 0 nitrogen and oxygen atoms in total. The molecule has 0 radical (unpaired) electrons. The fourth-order valence-corrected chi connectivity index (χ4v) is 1.45. The van der Waals surface area contributed by atoms with Crippen LogP contribution in [0.1, 0.15) is 5.56 Å². The minimum atomic E-state index is 0.571. The molecule has 0 bridgehead atoms. The van der Waals surface area contributed by atoms with Crippen LogP contribution in [0.15, 0.2) is 48.8 Å². The van der Waals surface area contributed by atoms with E-state index in [0.29, 0.717) is 6.33 Å². The van der Waals surface area contributed by atoms with Gasteiger partial charge >= 0.3 is 0 Å². The van der Waals surface area contributed by atoms with Gasteiger partial charge in [-0.15, -0.1) is 0 Å².